The number of aliphatic carboxylic acids is 1. The van der Waals surface area contributed by atoms with Gasteiger partial charge in [-0.3, -0.25) is 9.59 Å². The highest BCUT2D eigenvalue weighted by molar-refractivity contribution is 6.36. The average Bonchev–Trinajstić information content (AvgIpc) is 2.30. The van der Waals surface area contributed by atoms with Crippen molar-refractivity contribution in [3.05, 3.63) is 33.8 Å². The molecule has 0 spiro atoms. The van der Waals surface area contributed by atoms with Crippen LogP contribution in [-0.2, 0) is 16.0 Å². The Kier molecular flexibility index (Phi) is 5.95. The maximum atomic E-state index is 10.5. The van der Waals surface area contributed by atoms with Crippen molar-refractivity contribution >= 4 is 35.6 Å². The molecule has 1 aromatic rings. The molecule has 18 heavy (non-hydrogen) atoms. The van der Waals surface area contributed by atoms with Crippen LogP contribution in [0.5, 0.6) is 0 Å². The minimum atomic E-state index is -0.905. The molecule has 0 saturated heterocycles. The largest absolute Gasteiger partial charge is 0.481 e. The van der Waals surface area contributed by atoms with Gasteiger partial charge in [0.1, 0.15) is 0 Å². The van der Waals surface area contributed by atoms with Crippen LogP contribution in [0.25, 0.3) is 0 Å². The summed E-state index contributed by atoms with van der Waals surface area (Å²) < 4.78 is 0. The second-order valence-corrected chi connectivity index (χ2v) is 4.63. The Morgan fingerprint density at radius 1 is 1.39 bits per heavy atom. The number of carboxylic acid groups (broad SMARTS) is 1. The van der Waals surface area contributed by atoms with Crippen LogP contribution in [-0.4, -0.2) is 23.5 Å². The number of hydrogen-bond donors (Lipinski definition) is 2. The molecule has 0 heterocycles. The van der Waals surface area contributed by atoms with Gasteiger partial charge < -0.3 is 10.4 Å². The summed E-state index contributed by atoms with van der Waals surface area (Å²) in [6.07, 6.45) is 1.27. The smallest absolute Gasteiger partial charge is 0.303 e. The van der Waals surface area contributed by atoms with Crippen LogP contribution in [0.15, 0.2) is 18.2 Å². The molecule has 4 nitrogen and oxygen atoms in total. The van der Waals surface area contributed by atoms with E-state index in [1.165, 1.54) is 0 Å². The normalized spacial score (nSPS) is 11.9. The van der Waals surface area contributed by atoms with E-state index in [0.717, 1.165) is 0 Å². The van der Waals surface area contributed by atoms with Gasteiger partial charge in [0, 0.05) is 22.5 Å². The fourth-order valence-electron chi connectivity index (χ4n) is 1.61. The van der Waals surface area contributed by atoms with Crippen molar-refractivity contribution in [1.29, 1.82) is 0 Å². The van der Waals surface area contributed by atoms with Crippen LogP contribution in [0.1, 0.15) is 18.4 Å². The van der Waals surface area contributed by atoms with E-state index in [1.807, 2.05) is 0 Å². The summed E-state index contributed by atoms with van der Waals surface area (Å²) in [5, 5.41) is 12.2. The SMILES string of the molecule is O=CNC(CCC(=O)O)Cc1c(Cl)cccc1Cl. The Morgan fingerprint density at radius 2 is 2.00 bits per heavy atom. The Bertz CT molecular complexity index is 417. The number of halogens is 2. The number of hydrogen-bond acceptors (Lipinski definition) is 2. The summed E-state index contributed by atoms with van der Waals surface area (Å²) in [5.74, 6) is -0.905. The van der Waals surface area contributed by atoms with Crippen LogP contribution in [0.3, 0.4) is 0 Å². The topological polar surface area (TPSA) is 66.4 Å². The molecule has 1 amide bonds. The van der Waals surface area contributed by atoms with Gasteiger partial charge in [0.25, 0.3) is 0 Å². The molecule has 2 N–H and O–H groups in total. The van der Waals surface area contributed by atoms with Crippen molar-refractivity contribution in [2.45, 2.75) is 25.3 Å². The third-order valence-electron chi connectivity index (χ3n) is 2.52. The van der Waals surface area contributed by atoms with Crippen LogP contribution >= 0.6 is 23.2 Å². The molecule has 0 bridgehead atoms. The van der Waals surface area contributed by atoms with Gasteiger partial charge in [-0.1, -0.05) is 29.3 Å². The summed E-state index contributed by atoms with van der Waals surface area (Å²) in [4.78, 5) is 21.0. The lowest BCUT2D eigenvalue weighted by atomic mass is 10.0. The van der Waals surface area contributed by atoms with E-state index in [2.05, 4.69) is 5.32 Å². The highest BCUT2D eigenvalue weighted by Crippen LogP contribution is 2.26. The number of benzene rings is 1. The quantitative estimate of drug-likeness (QED) is 0.758. The maximum Gasteiger partial charge on any atom is 0.303 e. The molecular formula is C12H13Cl2NO3. The van der Waals surface area contributed by atoms with Crippen LogP contribution in [0.2, 0.25) is 10.0 Å². The molecule has 1 aromatic carbocycles. The van der Waals surface area contributed by atoms with Crippen molar-refractivity contribution in [3.63, 3.8) is 0 Å². The first-order valence-electron chi connectivity index (χ1n) is 5.39. The van der Waals surface area contributed by atoms with E-state index < -0.39 is 5.97 Å². The van der Waals surface area contributed by atoms with Gasteiger partial charge in [-0.15, -0.1) is 0 Å². The van der Waals surface area contributed by atoms with E-state index in [9.17, 15) is 9.59 Å². The molecule has 0 radical (unpaired) electrons. The molecular weight excluding hydrogens is 277 g/mol. The van der Waals surface area contributed by atoms with Crippen LogP contribution in [0.4, 0.5) is 0 Å². The first kappa shape index (κ1) is 14.8. The van der Waals surface area contributed by atoms with Crippen LogP contribution < -0.4 is 5.32 Å². The fraction of sp³-hybridized carbons (Fsp3) is 0.333. The summed E-state index contributed by atoms with van der Waals surface area (Å²) in [6, 6.07) is 4.85. The highest BCUT2D eigenvalue weighted by Gasteiger charge is 2.14. The van der Waals surface area contributed by atoms with Gasteiger partial charge in [-0.2, -0.15) is 0 Å². The van der Waals surface area contributed by atoms with Gasteiger partial charge in [0.05, 0.1) is 0 Å². The number of carbonyl (C=O) groups excluding carboxylic acids is 1. The fourth-order valence-corrected chi connectivity index (χ4v) is 2.16. The Labute approximate surface area is 115 Å². The average molecular weight is 290 g/mol. The number of carboxylic acids is 1. The van der Waals surface area contributed by atoms with Gasteiger partial charge in [-0.25, -0.2) is 0 Å². The highest BCUT2D eigenvalue weighted by atomic mass is 35.5. The second-order valence-electron chi connectivity index (χ2n) is 3.82. The number of amides is 1. The van der Waals surface area contributed by atoms with Crippen molar-refractivity contribution in [2.75, 3.05) is 0 Å². The van der Waals surface area contributed by atoms with Crippen molar-refractivity contribution < 1.29 is 14.7 Å². The summed E-state index contributed by atoms with van der Waals surface area (Å²) >= 11 is 12.0. The number of carbonyl (C=O) groups is 2. The third-order valence-corrected chi connectivity index (χ3v) is 3.23. The lowest BCUT2D eigenvalue weighted by Gasteiger charge is -2.16. The van der Waals surface area contributed by atoms with Gasteiger partial charge in [-0.05, 0) is 30.5 Å². The van der Waals surface area contributed by atoms with Crippen molar-refractivity contribution in [2.24, 2.45) is 0 Å². The zero-order valence-electron chi connectivity index (χ0n) is 9.53. The standard InChI is InChI=1S/C12H13Cl2NO3/c13-10-2-1-3-11(14)9(10)6-8(15-7-16)4-5-12(17)18/h1-3,7-8H,4-6H2,(H,15,16)(H,17,18). The maximum absolute atomic E-state index is 10.5. The molecule has 1 atom stereocenters. The summed E-state index contributed by atoms with van der Waals surface area (Å²) in [6.45, 7) is 0. The predicted octanol–water partition coefficient (Wildman–Crippen LogP) is 2.52. The van der Waals surface area contributed by atoms with Crippen molar-refractivity contribution in [1.82, 2.24) is 5.32 Å². The number of rotatable bonds is 7. The lowest BCUT2D eigenvalue weighted by molar-refractivity contribution is -0.137. The predicted molar refractivity (Wildman–Crippen MR) is 70.0 cm³/mol. The van der Waals surface area contributed by atoms with E-state index in [-0.39, 0.29) is 12.5 Å². The zero-order valence-corrected chi connectivity index (χ0v) is 11.0. The lowest BCUT2D eigenvalue weighted by Crippen LogP contribution is -2.30. The molecule has 0 saturated carbocycles. The zero-order chi connectivity index (χ0) is 13.5. The molecule has 0 fully saturated rings. The Morgan fingerprint density at radius 3 is 2.50 bits per heavy atom. The minimum absolute atomic E-state index is 0.0203. The molecule has 98 valence electrons. The van der Waals surface area contributed by atoms with E-state index in [0.29, 0.717) is 34.9 Å². The minimum Gasteiger partial charge on any atom is -0.481 e. The Hall–Kier alpha value is -1.26. The van der Waals surface area contributed by atoms with E-state index in [4.69, 9.17) is 28.3 Å². The molecule has 1 rings (SSSR count). The Balaban J connectivity index is 2.76. The van der Waals surface area contributed by atoms with Crippen LogP contribution in [0, 0.1) is 0 Å². The molecule has 0 aliphatic rings. The molecule has 0 aliphatic heterocycles. The second kappa shape index (κ2) is 7.24. The summed E-state index contributed by atoms with van der Waals surface area (Å²) in [7, 11) is 0. The van der Waals surface area contributed by atoms with E-state index >= 15 is 0 Å². The molecule has 0 aliphatic carbocycles. The van der Waals surface area contributed by atoms with Gasteiger partial charge in [0.2, 0.25) is 6.41 Å². The first-order valence-corrected chi connectivity index (χ1v) is 6.14. The van der Waals surface area contributed by atoms with Gasteiger partial charge in [0.15, 0.2) is 0 Å². The molecule has 0 aromatic heterocycles. The molecule has 6 heteroatoms. The monoisotopic (exact) mass is 289 g/mol. The van der Waals surface area contributed by atoms with Gasteiger partial charge >= 0.3 is 5.97 Å². The van der Waals surface area contributed by atoms with Crippen molar-refractivity contribution in [3.8, 4) is 0 Å². The third kappa shape index (κ3) is 4.55. The first-order chi connectivity index (χ1) is 8.54. The summed E-state index contributed by atoms with van der Waals surface area (Å²) in [5.41, 5.74) is 0.713. The molecule has 1 unspecified atom stereocenters. The number of nitrogens with one attached hydrogen (secondary N) is 1. The van der Waals surface area contributed by atoms with E-state index in [1.54, 1.807) is 18.2 Å².